The Hall–Kier alpha value is -1.67. The number of nitrogens with zero attached hydrogens (tertiary/aromatic N) is 5. The molecule has 8 nitrogen and oxygen atoms in total. The number of hydrogen-bond acceptors (Lipinski definition) is 8. The molecule has 0 aliphatic heterocycles. The highest BCUT2D eigenvalue weighted by atomic mass is 16.2. The number of anilines is 3. The lowest BCUT2D eigenvalue weighted by molar-refractivity contribution is 0.283. The number of aliphatic hydroxyl groups is 1. The fourth-order valence-corrected chi connectivity index (χ4v) is 1.97. The van der Waals surface area contributed by atoms with Crippen molar-refractivity contribution in [3.05, 3.63) is 0 Å². The molecule has 21 heavy (non-hydrogen) atoms. The fourth-order valence-electron chi connectivity index (χ4n) is 1.97. The molecule has 4 N–H and O–H groups in total. The number of nitrogens with two attached hydrogens (primary N) is 1. The molecule has 0 fully saturated rings. The first-order valence-electron chi connectivity index (χ1n) is 7.45. The van der Waals surface area contributed by atoms with Crippen molar-refractivity contribution in [2.75, 3.05) is 48.5 Å². The number of aliphatic hydroxyl groups excluding tert-OH is 1. The van der Waals surface area contributed by atoms with Crippen molar-refractivity contribution in [1.29, 1.82) is 0 Å². The molecule has 8 heteroatoms. The van der Waals surface area contributed by atoms with Crippen molar-refractivity contribution < 1.29 is 5.11 Å². The highest BCUT2D eigenvalue weighted by Crippen LogP contribution is 2.15. The van der Waals surface area contributed by atoms with Crippen molar-refractivity contribution in [3.63, 3.8) is 0 Å². The van der Waals surface area contributed by atoms with Gasteiger partial charge < -0.3 is 14.9 Å². The summed E-state index contributed by atoms with van der Waals surface area (Å²) in [4.78, 5) is 17.1. The van der Waals surface area contributed by atoms with E-state index in [2.05, 4.69) is 34.2 Å². The second kappa shape index (κ2) is 9.30. The van der Waals surface area contributed by atoms with Crippen LogP contribution < -0.4 is 21.1 Å². The Morgan fingerprint density at radius 1 is 1.05 bits per heavy atom. The second-order valence-corrected chi connectivity index (χ2v) is 4.78. The molecular weight excluding hydrogens is 270 g/mol. The van der Waals surface area contributed by atoms with Gasteiger partial charge in [0.05, 0.1) is 0 Å². The number of hydrazine groups is 1. The van der Waals surface area contributed by atoms with Gasteiger partial charge in [0, 0.05) is 33.3 Å². The van der Waals surface area contributed by atoms with Crippen LogP contribution in [0.4, 0.5) is 17.8 Å². The molecule has 0 aromatic carbocycles. The summed E-state index contributed by atoms with van der Waals surface area (Å²) in [6, 6.07) is 0. The van der Waals surface area contributed by atoms with Crippen molar-refractivity contribution in [2.45, 2.75) is 33.1 Å². The van der Waals surface area contributed by atoms with E-state index in [1.165, 1.54) is 0 Å². The van der Waals surface area contributed by atoms with E-state index in [0.717, 1.165) is 38.9 Å². The summed E-state index contributed by atoms with van der Waals surface area (Å²) in [5.74, 6) is 7.03. The van der Waals surface area contributed by atoms with Crippen molar-refractivity contribution in [3.8, 4) is 0 Å². The van der Waals surface area contributed by atoms with Gasteiger partial charge in [0.25, 0.3) is 0 Å². The van der Waals surface area contributed by atoms with Gasteiger partial charge in [-0.1, -0.05) is 0 Å². The zero-order valence-electron chi connectivity index (χ0n) is 13.2. The predicted octanol–water partition coefficient (Wildman–Crippen LogP) is 0.602. The lowest BCUT2D eigenvalue weighted by Gasteiger charge is -2.22. The molecule has 0 saturated carbocycles. The second-order valence-electron chi connectivity index (χ2n) is 4.78. The maximum Gasteiger partial charge on any atom is 0.243 e. The average Bonchev–Trinajstić information content (AvgIpc) is 2.52. The van der Waals surface area contributed by atoms with Crippen molar-refractivity contribution in [1.82, 2.24) is 15.0 Å². The van der Waals surface area contributed by atoms with E-state index >= 15 is 0 Å². The first-order valence-corrected chi connectivity index (χ1v) is 7.45. The molecule has 120 valence electrons. The summed E-state index contributed by atoms with van der Waals surface area (Å²) in [7, 11) is 1.95. The van der Waals surface area contributed by atoms with E-state index in [-0.39, 0.29) is 6.61 Å². The Labute approximate surface area is 126 Å². The van der Waals surface area contributed by atoms with E-state index in [9.17, 15) is 0 Å². The van der Waals surface area contributed by atoms with Gasteiger partial charge in [-0.25, -0.2) is 5.84 Å². The molecule has 1 aromatic rings. The summed E-state index contributed by atoms with van der Waals surface area (Å²) in [6.45, 7) is 6.82. The quantitative estimate of drug-likeness (QED) is 0.328. The van der Waals surface area contributed by atoms with Crippen LogP contribution >= 0.6 is 0 Å². The third-order valence-corrected chi connectivity index (χ3v) is 3.28. The number of unbranched alkanes of at least 4 members (excludes halogenated alkanes) is 2. The number of aromatic nitrogens is 3. The lowest BCUT2D eigenvalue weighted by atomic mass is 10.2. The standard InChI is InChI=1S/C13H27N7O/c1-4-20(5-2)13-16-11(18-14)15-12(17-13)19(3)9-7-6-8-10-21/h21H,4-10,14H2,1-3H3,(H,15,16,17,18). The molecular formula is C13H27N7O. The monoisotopic (exact) mass is 297 g/mol. The van der Waals surface area contributed by atoms with Gasteiger partial charge in [0.1, 0.15) is 0 Å². The van der Waals surface area contributed by atoms with Gasteiger partial charge in [-0.05, 0) is 33.1 Å². The van der Waals surface area contributed by atoms with Crippen LogP contribution in [0.15, 0.2) is 0 Å². The fraction of sp³-hybridized carbons (Fsp3) is 0.769. The predicted molar refractivity (Wildman–Crippen MR) is 85.4 cm³/mol. The lowest BCUT2D eigenvalue weighted by Crippen LogP contribution is -2.28. The highest BCUT2D eigenvalue weighted by Gasteiger charge is 2.13. The first-order chi connectivity index (χ1) is 10.2. The molecule has 0 spiro atoms. The van der Waals surface area contributed by atoms with E-state index in [4.69, 9.17) is 10.9 Å². The average molecular weight is 297 g/mol. The van der Waals surface area contributed by atoms with E-state index < -0.39 is 0 Å². The van der Waals surface area contributed by atoms with Crippen LogP contribution in [0, 0.1) is 0 Å². The first kappa shape index (κ1) is 17.4. The maximum atomic E-state index is 8.79. The van der Waals surface area contributed by atoms with Gasteiger partial charge in [-0.2, -0.15) is 15.0 Å². The smallest absolute Gasteiger partial charge is 0.243 e. The van der Waals surface area contributed by atoms with Crippen LogP contribution in [-0.2, 0) is 0 Å². The van der Waals surface area contributed by atoms with E-state index in [1.54, 1.807) is 0 Å². The van der Waals surface area contributed by atoms with Gasteiger partial charge in [0.15, 0.2) is 0 Å². The van der Waals surface area contributed by atoms with Crippen LogP contribution in [0.3, 0.4) is 0 Å². The van der Waals surface area contributed by atoms with Gasteiger partial charge in [-0.15, -0.1) is 0 Å². The van der Waals surface area contributed by atoms with Gasteiger partial charge in [-0.3, -0.25) is 5.43 Å². The number of hydrogen-bond donors (Lipinski definition) is 3. The minimum atomic E-state index is 0.239. The Bertz CT molecular complexity index is 412. The van der Waals surface area contributed by atoms with Crippen molar-refractivity contribution in [2.24, 2.45) is 5.84 Å². The number of nitrogens with one attached hydrogen (secondary N) is 1. The van der Waals surface area contributed by atoms with Gasteiger partial charge >= 0.3 is 0 Å². The van der Waals surface area contributed by atoms with Crippen LogP contribution in [0.25, 0.3) is 0 Å². The summed E-state index contributed by atoms with van der Waals surface area (Å²) in [5.41, 5.74) is 2.49. The Morgan fingerprint density at radius 3 is 2.29 bits per heavy atom. The molecule has 0 atom stereocenters. The minimum Gasteiger partial charge on any atom is -0.396 e. The molecule has 1 aromatic heterocycles. The number of nitrogen functional groups attached to an aromatic ring is 1. The molecule has 0 saturated heterocycles. The van der Waals surface area contributed by atoms with Crippen LogP contribution in [0.1, 0.15) is 33.1 Å². The van der Waals surface area contributed by atoms with Crippen molar-refractivity contribution >= 4 is 17.8 Å². The molecule has 0 aliphatic carbocycles. The largest absolute Gasteiger partial charge is 0.396 e. The van der Waals surface area contributed by atoms with Gasteiger partial charge in [0.2, 0.25) is 17.8 Å². The Kier molecular flexibility index (Phi) is 7.70. The molecule has 0 aliphatic rings. The van der Waals surface area contributed by atoms with Crippen LogP contribution in [-0.4, -0.2) is 53.3 Å². The zero-order valence-corrected chi connectivity index (χ0v) is 13.2. The Balaban J connectivity index is 2.82. The molecule has 0 radical (unpaired) electrons. The third-order valence-electron chi connectivity index (χ3n) is 3.28. The molecule has 1 rings (SSSR count). The van der Waals surface area contributed by atoms with Crippen LogP contribution in [0.5, 0.6) is 0 Å². The highest BCUT2D eigenvalue weighted by molar-refractivity contribution is 5.44. The molecule has 1 heterocycles. The molecule has 0 unspecified atom stereocenters. The summed E-state index contributed by atoms with van der Waals surface area (Å²) < 4.78 is 0. The summed E-state index contributed by atoms with van der Waals surface area (Å²) in [6.07, 6.45) is 2.79. The normalized spacial score (nSPS) is 10.5. The van der Waals surface area contributed by atoms with Crippen LogP contribution in [0.2, 0.25) is 0 Å². The number of rotatable bonds is 10. The third kappa shape index (κ3) is 5.31. The Morgan fingerprint density at radius 2 is 1.71 bits per heavy atom. The molecule has 0 amide bonds. The minimum absolute atomic E-state index is 0.239. The SMILES string of the molecule is CCN(CC)c1nc(NN)nc(N(C)CCCCCO)n1. The maximum absolute atomic E-state index is 8.79. The van der Waals surface area contributed by atoms with E-state index in [1.807, 2.05) is 16.8 Å². The summed E-state index contributed by atoms with van der Waals surface area (Å²) >= 11 is 0. The topological polar surface area (TPSA) is 103 Å². The zero-order chi connectivity index (χ0) is 15.7. The molecule has 0 bridgehead atoms. The van der Waals surface area contributed by atoms with E-state index in [0.29, 0.717) is 17.8 Å². The summed E-state index contributed by atoms with van der Waals surface area (Å²) in [5, 5.41) is 8.79.